The molecule has 1 saturated heterocycles. The molecule has 0 spiro atoms. The first-order valence-electron chi connectivity index (χ1n) is 10.9. The van der Waals surface area contributed by atoms with Gasteiger partial charge in [0.05, 0.1) is 35.4 Å². The van der Waals surface area contributed by atoms with E-state index in [1.165, 1.54) is 24.1 Å². The largest absolute Gasteiger partial charge is 0.507 e. The molecule has 1 fully saturated rings. The van der Waals surface area contributed by atoms with Crippen LogP contribution in [0.15, 0.2) is 42.0 Å². The van der Waals surface area contributed by atoms with Crippen molar-refractivity contribution in [2.75, 3.05) is 40.9 Å². The quantitative estimate of drug-likeness (QED) is 0.299. The third-order valence-corrected chi connectivity index (χ3v) is 6.09. The summed E-state index contributed by atoms with van der Waals surface area (Å²) in [5.41, 5.74) is 0.883. The highest BCUT2D eigenvalue weighted by atomic mass is 35.5. The fraction of sp³-hybridized carbons (Fsp3) is 0.360. The van der Waals surface area contributed by atoms with Crippen LogP contribution < -0.4 is 9.47 Å². The molecule has 7 nitrogen and oxygen atoms in total. The number of likely N-dealkylation sites (tertiary alicyclic amines) is 1. The lowest BCUT2D eigenvalue weighted by molar-refractivity contribution is -0.139. The van der Waals surface area contributed by atoms with Gasteiger partial charge in [-0.25, -0.2) is 0 Å². The number of rotatable bonds is 9. The zero-order chi connectivity index (χ0) is 25.0. The third-order valence-electron chi connectivity index (χ3n) is 5.53. The van der Waals surface area contributed by atoms with Crippen LogP contribution in [0.4, 0.5) is 0 Å². The summed E-state index contributed by atoms with van der Waals surface area (Å²) in [6.45, 7) is 3.49. The molecule has 0 aromatic heterocycles. The lowest BCUT2D eigenvalue weighted by Crippen LogP contribution is -2.32. The second kappa shape index (κ2) is 11.1. The Balaban J connectivity index is 2.12. The molecule has 2 aromatic rings. The summed E-state index contributed by atoms with van der Waals surface area (Å²) in [7, 11) is 5.31. The fourth-order valence-corrected chi connectivity index (χ4v) is 4.62. The Morgan fingerprint density at radius 2 is 1.74 bits per heavy atom. The Bertz CT molecular complexity index is 1080. The van der Waals surface area contributed by atoms with Gasteiger partial charge in [0.15, 0.2) is 5.75 Å². The summed E-state index contributed by atoms with van der Waals surface area (Å²) in [4.78, 5) is 29.7. The van der Waals surface area contributed by atoms with E-state index in [0.717, 1.165) is 6.54 Å². The van der Waals surface area contributed by atoms with Gasteiger partial charge in [-0.3, -0.25) is 9.59 Å². The molecule has 182 valence electrons. The number of aliphatic hydroxyl groups excluding tert-OH is 1. The molecule has 1 amide bonds. The van der Waals surface area contributed by atoms with Crippen molar-refractivity contribution in [1.82, 2.24) is 9.80 Å². The van der Waals surface area contributed by atoms with E-state index in [1.807, 2.05) is 25.9 Å². The van der Waals surface area contributed by atoms with Gasteiger partial charge in [0.2, 0.25) is 0 Å². The Morgan fingerprint density at radius 1 is 1.12 bits per heavy atom. The topological polar surface area (TPSA) is 79.3 Å². The number of hydrogen-bond donors (Lipinski definition) is 1. The van der Waals surface area contributed by atoms with Gasteiger partial charge < -0.3 is 24.4 Å². The summed E-state index contributed by atoms with van der Waals surface area (Å²) in [5, 5.41) is 11.6. The van der Waals surface area contributed by atoms with Crippen LogP contribution >= 0.6 is 23.2 Å². The first kappa shape index (κ1) is 25.9. The van der Waals surface area contributed by atoms with Crippen LogP contribution in [0.3, 0.4) is 0 Å². The number of ketones is 1. The second-order valence-corrected chi connectivity index (χ2v) is 8.94. The molecule has 0 radical (unpaired) electrons. The number of hydrogen-bond acceptors (Lipinski definition) is 6. The number of nitrogens with zero attached hydrogens (tertiary/aromatic N) is 2. The van der Waals surface area contributed by atoms with Crippen molar-refractivity contribution in [3.8, 4) is 11.5 Å². The lowest BCUT2D eigenvalue weighted by Gasteiger charge is -2.26. The van der Waals surface area contributed by atoms with Crippen LogP contribution in [0, 0.1) is 0 Å². The van der Waals surface area contributed by atoms with Crippen molar-refractivity contribution in [2.24, 2.45) is 0 Å². The van der Waals surface area contributed by atoms with Gasteiger partial charge in [-0.1, -0.05) is 35.3 Å². The van der Waals surface area contributed by atoms with Gasteiger partial charge in [-0.2, -0.15) is 0 Å². The predicted molar refractivity (Wildman–Crippen MR) is 133 cm³/mol. The van der Waals surface area contributed by atoms with E-state index in [2.05, 4.69) is 0 Å². The highest BCUT2D eigenvalue weighted by Crippen LogP contribution is 2.42. The smallest absolute Gasteiger partial charge is 0.295 e. The van der Waals surface area contributed by atoms with Gasteiger partial charge in [0.25, 0.3) is 11.7 Å². The number of halogens is 2. The number of carbonyl (C=O) groups excluding carboxylic acids is 2. The SMILES string of the molecule is CCOc1ccc(C2/C(=C(\O)c3cc(Cl)c(OC)c(Cl)c3)C(=O)C(=O)N2CCCN(C)C)cc1. The summed E-state index contributed by atoms with van der Waals surface area (Å²) < 4.78 is 10.7. The first-order chi connectivity index (χ1) is 16.2. The number of benzene rings is 2. The van der Waals surface area contributed by atoms with Crippen molar-refractivity contribution in [3.05, 3.63) is 63.1 Å². The molecule has 9 heteroatoms. The zero-order valence-corrected chi connectivity index (χ0v) is 21.1. The van der Waals surface area contributed by atoms with Crippen molar-refractivity contribution < 1.29 is 24.2 Å². The molecule has 1 heterocycles. The van der Waals surface area contributed by atoms with Crippen LogP contribution in [0.2, 0.25) is 10.0 Å². The van der Waals surface area contributed by atoms with Crippen molar-refractivity contribution in [2.45, 2.75) is 19.4 Å². The maximum Gasteiger partial charge on any atom is 0.295 e. The van der Waals surface area contributed by atoms with Crippen LogP contribution in [0.25, 0.3) is 5.76 Å². The normalized spacial score (nSPS) is 17.5. The number of ether oxygens (including phenoxy) is 2. The Kier molecular flexibility index (Phi) is 8.47. The molecule has 2 aromatic carbocycles. The second-order valence-electron chi connectivity index (χ2n) is 8.12. The Hall–Kier alpha value is -2.74. The van der Waals surface area contributed by atoms with Gasteiger partial charge in [0.1, 0.15) is 11.5 Å². The minimum absolute atomic E-state index is 0.0173. The fourth-order valence-electron chi connectivity index (χ4n) is 3.97. The van der Waals surface area contributed by atoms with Gasteiger partial charge in [-0.05, 0) is 63.8 Å². The minimum Gasteiger partial charge on any atom is -0.507 e. The molecule has 3 rings (SSSR count). The average Bonchev–Trinajstić information content (AvgIpc) is 3.04. The van der Waals surface area contributed by atoms with Crippen molar-refractivity contribution >= 4 is 40.7 Å². The predicted octanol–water partition coefficient (Wildman–Crippen LogP) is 4.77. The molecule has 34 heavy (non-hydrogen) atoms. The van der Waals surface area contributed by atoms with E-state index in [-0.39, 0.29) is 32.7 Å². The first-order valence-corrected chi connectivity index (χ1v) is 11.6. The molecular formula is C25H28Cl2N2O5. The molecule has 1 unspecified atom stereocenters. The average molecular weight is 507 g/mol. The number of aliphatic hydroxyl groups is 1. The molecule has 1 N–H and O–H groups in total. The van der Waals surface area contributed by atoms with E-state index < -0.39 is 17.7 Å². The summed E-state index contributed by atoms with van der Waals surface area (Å²) >= 11 is 12.5. The lowest BCUT2D eigenvalue weighted by atomic mass is 9.95. The zero-order valence-electron chi connectivity index (χ0n) is 19.6. The molecule has 1 aliphatic rings. The monoisotopic (exact) mass is 506 g/mol. The number of amides is 1. The maximum absolute atomic E-state index is 13.1. The summed E-state index contributed by atoms with van der Waals surface area (Å²) in [5.74, 6) is -0.843. The maximum atomic E-state index is 13.1. The Morgan fingerprint density at radius 3 is 2.26 bits per heavy atom. The van der Waals surface area contributed by atoms with Crippen LogP contribution in [-0.4, -0.2) is 67.5 Å². The molecule has 0 saturated carbocycles. The highest BCUT2D eigenvalue weighted by Gasteiger charge is 2.45. The third kappa shape index (κ3) is 5.32. The molecule has 1 aliphatic heterocycles. The van der Waals surface area contributed by atoms with E-state index in [4.69, 9.17) is 32.7 Å². The molecule has 0 bridgehead atoms. The molecular weight excluding hydrogens is 479 g/mol. The standard InChI is InChI=1S/C25H28Cl2N2O5/c1-5-34-17-9-7-15(8-10-17)21-20(23(31)25(32)29(21)12-6-11-28(2)3)22(30)16-13-18(26)24(33-4)19(27)14-16/h7-10,13-14,21,30H,5-6,11-12H2,1-4H3/b22-20+. The van der Waals surface area contributed by atoms with E-state index >= 15 is 0 Å². The van der Waals surface area contributed by atoms with Crippen molar-refractivity contribution in [1.29, 1.82) is 0 Å². The minimum atomic E-state index is -0.766. The van der Waals surface area contributed by atoms with Crippen molar-refractivity contribution in [3.63, 3.8) is 0 Å². The number of methoxy groups -OCH3 is 1. The van der Waals surface area contributed by atoms with Crippen LogP contribution in [-0.2, 0) is 9.59 Å². The number of Topliss-reactive ketones (excluding diaryl/α,β-unsaturated/α-hetero) is 1. The molecule has 0 aliphatic carbocycles. The van der Waals surface area contributed by atoms with Crippen LogP contribution in [0.5, 0.6) is 11.5 Å². The highest BCUT2D eigenvalue weighted by molar-refractivity contribution is 6.46. The Labute approximate surface area is 209 Å². The summed E-state index contributed by atoms with van der Waals surface area (Å²) in [6.07, 6.45) is 0.660. The van der Waals surface area contributed by atoms with Crippen LogP contribution in [0.1, 0.15) is 30.5 Å². The molecule has 1 atom stereocenters. The summed E-state index contributed by atoms with van der Waals surface area (Å²) in [6, 6.07) is 9.29. The van der Waals surface area contributed by atoms with E-state index in [9.17, 15) is 14.7 Å². The van der Waals surface area contributed by atoms with Gasteiger partial charge in [-0.15, -0.1) is 0 Å². The van der Waals surface area contributed by atoms with Gasteiger partial charge in [0, 0.05) is 12.1 Å². The van der Waals surface area contributed by atoms with E-state index in [1.54, 1.807) is 24.3 Å². The van der Waals surface area contributed by atoms with E-state index in [0.29, 0.717) is 30.9 Å². The number of carbonyl (C=O) groups is 2. The van der Waals surface area contributed by atoms with Gasteiger partial charge >= 0.3 is 0 Å².